The van der Waals surface area contributed by atoms with Gasteiger partial charge >= 0.3 is 0 Å². The molecule has 2 aromatic rings. The molecule has 0 unspecified atom stereocenters. The lowest BCUT2D eigenvalue weighted by atomic mass is 10.2. The molecular weight excluding hydrogens is 300 g/mol. The van der Waals surface area contributed by atoms with E-state index in [1.54, 1.807) is 6.33 Å². The Morgan fingerprint density at radius 2 is 1.88 bits per heavy atom. The second kappa shape index (κ2) is 7.95. The first-order valence-electron chi connectivity index (χ1n) is 8.81. The van der Waals surface area contributed by atoms with Gasteiger partial charge in [0.25, 0.3) is 0 Å². The van der Waals surface area contributed by atoms with E-state index in [9.17, 15) is 0 Å². The Morgan fingerprint density at radius 3 is 2.54 bits per heavy atom. The van der Waals surface area contributed by atoms with E-state index in [0.29, 0.717) is 6.54 Å². The summed E-state index contributed by atoms with van der Waals surface area (Å²) in [5, 5.41) is 3.37. The molecule has 0 spiro atoms. The van der Waals surface area contributed by atoms with Gasteiger partial charge in [-0.2, -0.15) is 0 Å². The Bertz CT molecular complexity index is 632. The van der Waals surface area contributed by atoms with E-state index < -0.39 is 0 Å². The number of pyridine rings is 1. The minimum atomic E-state index is 0.710. The smallest absolute Gasteiger partial charge is 0.134 e. The molecule has 0 aromatic carbocycles. The Labute approximate surface area is 143 Å². The maximum atomic E-state index is 4.56. The van der Waals surface area contributed by atoms with Crippen molar-refractivity contribution in [3.05, 3.63) is 36.3 Å². The molecule has 1 N–H and O–H groups in total. The molecule has 1 aliphatic rings. The third-order valence-electron chi connectivity index (χ3n) is 4.45. The van der Waals surface area contributed by atoms with Crippen LogP contribution in [-0.2, 0) is 6.54 Å². The van der Waals surface area contributed by atoms with Crippen molar-refractivity contribution in [2.75, 3.05) is 41.3 Å². The SMILES string of the molecule is CCN(CC)c1ccc(CNc2cc(N3CCCC3)ncn2)cn1. The average molecular weight is 326 g/mol. The molecule has 1 saturated heterocycles. The minimum Gasteiger partial charge on any atom is -0.366 e. The number of anilines is 3. The van der Waals surface area contributed by atoms with Crippen molar-refractivity contribution in [1.82, 2.24) is 15.0 Å². The molecule has 3 heterocycles. The van der Waals surface area contributed by atoms with Crippen LogP contribution in [0.25, 0.3) is 0 Å². The van der Waals surface area contributed by atoms with E-state index in [2.05, 4.69) is 56.0 Å². The van der Waals surface area contributed by atoms with Crippen LogP contribution in [0, 0.1) is 0 Å². The molecule has 1 fully saturated rings. The molecule has 2 aromatic heterocycles. The summed E-state index contributed by atoms with van der Waals surface area (Å²) in [5.74, 6) is 2.90. The zero-order chi connectivity index (χ0) is 16.8. The molecule has 0 aliphatic carbocycles. The van der Waals surface area contributed by atoms with Crippen LogP contribution in [0.1, 0.15) is 32.3 Å². The molecule has 0 radical (unpaired) electrons. The van der Waals surface area contributed by atoms with Crippen molar-refractivity contribution >= 4 is 17.5 Å². The lowest BCUT2D eigenvalue weighted by Crippen LogP contribution is -2.22. The summed E-state index contributed by atoms with van der Waals surface area (Å²) in [7, 11) is 0. The van der Waals surface area contributed by atoms with Gasteiger partial charge < -0.3 is 15.1 Å². The van der Waals surface area contributed by atoms with Gasteiger partial charge in [0, 0.05) is 45.0 Å². The Balaban J connectivity index is 1.60. The van der Waals surface area contributed by atoms with E-state index in [-0.39, 0.29) is 0 Å². The maximum Gasteiger partial charge on any atom is 0.134 e. The van der Waals surface area contributed by atoms with E-state index in [4.69, 9.17) is 0 Å². The second-order valence-corrected chi connectivity index (χ2v) is 6.01. The van der Waals surface area contributed by atoms with Crippen LogP contribution in [-0.4, -0.2) is 41.1 Å². The number of nitrogens with zero attached hydrogens (tertiary/aromatic N) is 5. The summed E-state index contributed by atoms with van der Waals surface area (Å²) in [6, 6.07) is 6.24. The van der Waals surface area contributed by atoms with Gasteiger partial charge in [-0.15, -0.1) is 0 Å². The summed E-state index contributed by atoms with van der Waals surface area (Å²) in [6.45, 7) is 9.13. The molecule has 0 bridgehead atoms. The summed E-state index contributed by atoms with van der Waals surface area (Å²) in [5.41, 5.74) is 1.15. The maximum absolute atomic E-state index is 4.56. The first kappa shape index (κ1) is 16.5. The van der Waals surface area contributed by atoms with Crippen LogP contribution in [0.2, 0.25) is 0 Å². The fourth-order valence-electron chi connectivity index (χ4n) is 3.01. The Morgan fingerprint density at radius 1 is 1.08 bits per heavy atom. The zero-order valence-corrected chi connectivity index (χ0v) is 14.6. The van der Waals surface area contributed by atoms with E-state index in [1.807, 2.05) is 12.3 Å². The Kier molecular flexibility index (Phi) is 5.46. The monoisotopic (exact) mass is 326 g/mol. The highest BCUT2D eigenvalue weighted by atomic mass is 15.2. The number of hydrogen-bond donors (Lipinski definition) is 1. The van der Waals surface area contributed by atoms with Gasteiger partial charge in [-0.1, -0.05) is 6.07 Å². The third-order valence-corrected chi connectivity index (χ3v) is 4.45. The van der Waals surface area contributed by atoms with Gasteiger partial charge in [0.15, 0.2) is 0 Å². The molecule has 0 saturated carbocycles. The topological polar surface area (TPSA) is 57.2 Å². The average Bonchev–Trinajstić information content (AvgIpc) is 3.17. The van der Waals surface area contributed by atoms with Crippen molar-refractivity contribution < 1.29 is 0 Å². The van der Waals surface area contributed by atoms with Crippen LogP contribution < -0.4 is 15.1 Å². The molecule has 3 rings (SSSR count). The molecule has 24 heavy (non-hydrogen) atoms. The highest BCUT2D eigenvalue weighted by Crippen LogP contribution is 2.19. The van der Waals surface area contributed by atoms with Crippen molar-refractivity contribution in [2.24, 2.45) is 0 Å². The first-order chi connectivity index (χ1) is 11.8. The summed E-state index contributed by atoms with van der Waals surface area (Å²) in [4.78, 5) is 17.8. The largest absolute Gasteiger partial charge is 0.366 e. The highest BCUT2D eigenvalue weighted by molar-refractivity contribution is 5.49. The quantitative estimate of drug-likeness (QED) is 0.844. The minimum absolute atomic E-state index is 0.710. The van der Waals surface area contributed by atoms with E-state index >= 15 is 0 Å². The standard InChI is InChI=1S/C18H26N6/c1-3-23(4-2)17-8-7-15(13-20-17)12-19-16-11-18(22-14-21-16)24-9-5-6-10-24/h7-8,11,13-14H,3-6,9-10,12H2,1-2H3,(H,19,21,22). The zero-order valence-electron chi connectivity index (χ0n) is 14.6. The Hall–Kier alpha value is -2.37. The third kappa shape index (κ3) is 3.93. The fourth-order valence-corrected chi connectivity index (χ4v) is 3.01. The number of rotatable bonds is 7. The predicted molar refractivity (Wildman–Crippen MR) is 98.6 cm³/mol. The van der Waals surface area contributed by atoms with E-state index in [1.165, 1.54) is 12.8 Å². The number of nitrogens with one attached hydrogen (secondary N) is 1. The van der Waals surface area contributed by atoms with Crippen LogP contribution in [0.4, 0.5) is 17.5 Å². The lowest BCUT2D eigenvalue weighted by Gasteiger charge is -2.19. The van der Waals surface area contributed by atoms with Crippen LogP contribution in [0.15, 0.2) is 30.7 Å². The molecule has 1 aliphatic heterocycles. The molecule has 6 heteroatoms. The van der Waals surface area contributed by atoms with Gasteiger partial charge in [-0.05, 0) is 38.3 Å². The van der Waals surface area contributed by atoms with Gasteiger partial charge in [-0.25, -0.2) is 15.0 Å². The number of hydrogen-bond acceptors (Lipinski definition) is 6. The molecule has 128 valence electrons. The predicted octanol–water partition coefficient (Wildman–Crippen LogP) is 2.93. The van der Waals surface area contributed by atoms with Crippen molar-refractivity contribution in [3.8, 4) is 0 Å². The molecule has 6 nitrogen and oxygen atoms in total. The van der Waals surface area contributed by atoms with Crippen molar-refractivity contribution in [3.63, 3.8) is 0 Å². The molecule has 0 amide bonds. The fraction of sp³-hybridized carbons (Fsp3) is 0.500. The summed E-state index contributed by atoms with van der Waals surface area (Å²) >= 11 is 0. The highest BCUT2D eigenvalue weighted by Gasteiger charge is 2.13. The van der Waals surface area contributed by atoms with Gasteiger partial charge in [0.2, 0.25) is 0 Å². The van der Waals surface area contributed by atoms with Crippen LogP contribution in [0.5, 0.6) is 0 Å². The van der Waals surface area contributed by atoms with Crippen LogP contribution in [0.3, 0.4) is 0 Å². The first-order valence-corrected chi connectivity index (χ1v) is 8.81. The molecule has 0 atom stereocenters. The summed E-state index contributed by atoms with van der Waals surface area (Å²) < 4.78 is 0. The normalized spacial score (nSPS) is 14.0. The lowest BCUT2D eigenvalue weighted by molar-refractivity contribution is 0.844. The van der Waals surface area contributed by atoms with Crippen molar-refractivity contribution in [2.45, 2.75) is 33.2 Å². The number of aromatic nitrogens is 3. The molecular formula is C18H26N6. The van der Waals surface area contributed by atoms with Crippen LogP contribution >= 0.6 is 0 Å². The van der Waals surface area contributed by atoms with Gasteiger partial charge in [-0.3, -0.25) is 0 Å². The second-order valence-electron chi connectivity index (χ2n) is 6.01. The summed E-state index contributed by atoms with van der Waals surface area (Å²) in [6.07, 6.45) is 6.07. The van der Waals surface area contributed by atoms with E-state index in [0.717, 1.165) is 49.2 Å². The van der Waals surface area contributed by atoms with Crippen molar-refractivity contribution in [1.29, 1.82) is 0 Å². The van der Waals surface area contributed by atoms with Gasteiger partial charge in [0.05, 0.1) is 0 Å². The van der Waals surface area contributed by atoms with Gasteiger partial charge in [0.1, 0.15) is 23.8 Å².